The molecule has 1 atom stereocenters. The highest BCUT2D eigenvalue weighted by Gasteiger charge is 2.37. The van der Waals surface area contributed by atoms with Crippen LogP contribution >= 0.6 is 0 Å². The van der Waals surface area contributed by atoms with Gasteiger partial charge in [0, 0.05) is 23.0 Å². The van der Waals surface area contributed by atoms with E-state index in [1.807, 2.05) is 37.3 Å². The number of nitrogens with zero attached hydrogens (tertiary/aromatic N) is 4. The first-order valence-corrected chi connectivity index (χ1v) is 12.7. The number of hydrogen-bond donors (Lipinski definition) is 2. The van der Waals surface area contributed by atoms with E-state index in [2.05, 4.69) is 48.5 Å². The number of carbonyl (C=O) groups is 1. The molecule has 0 spiro atoms. The van der Waals surface area contributed by atoms with Crippen molar-refractivity contribution in [1.29, 1.82) is 0 Å². The molecule has 3 heterocycles. The van der Waals surface area contributed by atoms with Crippen LogP contribution in [0.15, 0.2) is 78.3 Å². The maximum atomic E-state index is 13.8. The summed E-state index contributed by atoms with van der Waals surface area (Å²) in [6.45, 7) is 8.39. The second kappa shape index (κ2) is 10.2. The van der Waals surface area contributed by atoms with E-state index in [1.165, 1.54) is 5.56 Å². The van der Waals surface area contributed by atoms with E-state index in [0.717, 1.165) is 11.1 Å². The van der Waals surface area contributed by atoms with Gasteiger partial charge in [0.15, 0.2) is 17.3 Å². The molecule has 39 heavy (non-hydrogen) atoms. The Morgan fingerprint density at radius 2 is 1.79 bits per heavy atom. The number of amides is 1. The number of anilines is 2. The van der Waals surface area contributed by atoms with Gasteiger partial charge in [0.2, 0.25) is 5.95 Å². The molecule has 1 aliphatic rings. The molecule has 0 radical (unpaired) electrons. The van der Waals surface area contributed by atoms with Crippen LogP contribution in [-0.4, -0.2) is 39.9 Å². The second-order valence-corrected chi connectivity index (χ2v) is 10.4. The van der Waals surface area contributed by atoms with E-state index in [9.17, 15) is 4.79 Å². The summed E-state index contributed by atoms with van der Waals surface area (Å²) in [6, 6.07) is 16.8. The highest BCUT2D eigenvalue weighted by Crippen LogP contribution is 2.43. The topological polar surface area (TPSA) is 103 Å². The van der Waals surface area contributed by atoms with Gasteiger partial charge in [0.25, 0.3) is 5.91 Å². The number of methoxy groups -OCH3 is 2. The van der Waals surface area contributed by atoms with Crippen LogP contribution in [0.5, 0.6) is 11.5 Å². The molecule has 1 unspecified atom stereocenters. The number of fused-ring (bicyclic) bond motifs is 1. The highest BCUT2D eigenvalue weighted by atomic mass is 16.5. The summed E-state index contributed by atoms with van der Waals surface area (Å²) in [5.74, 6) is 1.85. The first-order valence-electron chi connectivity index (χ1n) is 12.7. The van der Waals surface area contributed by atoms with Crippen molar-refractivity contribution in [3.05, 3.63) is 89.4 Å². The summed E-state index contributed by atoms with van der Waals surface area (Å²) in [7, 11) is 3.17. The Morgan fingerprint density at radius 3 is 2.44 bits per heavy atom. The average Bonchev–Trinajstić information content (AvgIpc) is 3.35. The monoisotopic (exact) mass is 524 g/mol. The lowest BCUT2D eigenvalue weighted by atomic mass is 9.87. The maximum Gasteiger partial charge on any atom is 0.255 e. The van der Waals surface area contributed by atoms with Crippen LogP contribution in [0.1, 0.15) is 44.9 Å². The Kier molecular flexibility index (Phi) is 6.82. The number of allylic oxidation sites excluding steroid dienone is 1. The number of para-hydroxylation sites is 1. The van der Waals surface area contributed by atoms with E-state index < -0.39 is 6.04 Å². The highest BCUT2D eigenvalue weighted by molar-refractivity contribution is 6.06. The third-order valence-corrected chi connectivity index (χ3v) is 6.75. The summed E-state index contributed by atoms with van der Waals surface area (Å²) in [6.07, 6.45) is 3.26. The van der Waals surface area contributed by atoms with Crippen molar-refractivity contribution in [2.24, 2.45) is 0 Å². The van der Waals surface area contributed by atoms with Gasteiger partial charge >= 0.3 is 0 Å². The van der Waals surface area contributed by atoms with Crippen molar-refractivity contribution in [2.45, 2.75) is 39.2 Å². The molecular weight excluding hydrogens is 492 g/mol. The summed E-state index contributed by atoms with van der Waals surface area (Å²) < 4.78 is 13.1. The van der Waals surface area contributed by atoms with Gasteiger partial charge in [-0.25, -0.2) is 4.68 Å². The van der Waals surface area contributed by atoms with Gasteiger partial charge in [0.05, 0.1) is 31.7 Å². The standard InChI is InChI=1S/C30H32N6O3/c1-18-24(28(37)33-21-9-8-16-31-17-21)25(22-10-7-11-23(38-5)26(22)39-6)36-29(32-18)34-27(35-36)19-12-14-20(15-13-19)30(2,3)4/h7-17,25H,1-6H3,(H,33,37)(H,32,34,35). The lowest BCUT2D eigenvalue weighted by Crippen LogP contribution is -2.31. The molecule has 4 aromatic rings. The molecule has 1 aliphatic heterocycles. The number of pyridine rings is 1. The molecule has 0 fully saturated rings. The average molecular weight is 525 g/mol. The number of hydrogen-bond acceptors (Lipinski definition) is 7. The zero-order chi connectivity index (χ0) is 27.7. The fourth-order valence-electron chi connectivity index (χ4n) is 4.74. The van der Waals surface area contributed by atoms with E-state index in [0.29, 0.717) is 40.2 Å². The van der Waals surface area contributed by atoms with E-state index in [1.54, 1.807) is 43.4 Å². The van der Waals surface area contributed by atoms with Crippen LogP contribution in [0.4, 0.5) is 11.6 Å². The SMILES string of the molecule is COc1cccc(C2C(C(=O)Nc3cccnc3)=C(C)Nc3nc(-c4ccc(C(C)(C)C)cc4)nn32)c1OC. The minimum Gasteiger partial charge on any atom is -0.493 e. The largest absolute Gasteiger partial charge is 0.493 e. The Labute approximate surface area is 227 Å². The van der Waals surface area contributed by atoms with Crippen molar-refractivity contribution < 1.29 is 14.3 Å². The molecule has 5 rings (SSSR count). The van der Waals surface area contributed by atoms with E-state index >= 15 is 0 Å². The Bertz CT molecular complexity index is 1540. The maximum absolute atomic E-state index is 13.8. The number of carbonyl (C=O) groups excluding carboxylic acids is 1. The number of benzene rings is 2. The number of nitrogens with one attached hydrogen (secondary N) is 2. The van der Waals surface area contributed by atoms with Gasteiger partial charge in [-0.2, -0.15) is 4.98 Å². The molecule has 2 N–H and O–H groups in total. The van der Waals surface area contributed by atoms with E-state index in [-0.39, 0.29) is 11.3 Å². The Balaban J connectivity index is 1.63. The van der Waals surface area contributed by atoms with Crippen LogP contribution in [0.25, 0.3) is 11.4 Å². The molecule has 2 aromatic carbocycles. The van der Waals surface area contributed by atoms with Crippen LogP contribution in [-0.2, 0) is 10.2 Å². The smallest absolute Gasteiger partial charge is 0.255 e. The van der Waals surface area contributed by atoms with Crippen molar-refractivity contribution in [3.8, 4) is 22.9 Å². The summed E-state index contributed by atoms with van der Waals surface area (Å²) in [4.78, 5) is 22.7. The molecule has 0 aliphatic carbocycles. The summed E-state index contributed by atoms with van der Waals surface area (Å²) in [5.41, 5.74) is 4.56. The van der Waals surface area contributed by atoms with Crippen molar-refractivity contribution in [1.82, 2.24) is 19.7 Å². The van der Waals surface area contributed by atoms with Gasteiger partial charge in [-0.05, 0) is 36.1 Å². The summed E-state index contributed by atoms with van der Waals surface area (Å²) in [5, 5.41) is 11.1. The second-order valence-electron chi connectivity index (χ2n) is 10.4. The number of rotatable bonds is 6. The van der Waals surface area contributed by atoms with Crippen molar-refractivity contribution in [3.63, 3.8) is 0 Å². The molecular formula is C30H32N6O3. The molecule has 0 bridgehead atoms. The first-order chi connectivity index (χ1) is 18.7. The third-order valence-electron chi connectivity index (χ3n) is 6.75. The number of ether oxygens (including phenoxy) is 2. The molecule has 0 saturated heterocycles. The predicted octanol–water partition coefficient (Wildman–Crippen LogP) is 5.58. The quantitative estimate of drug-likeness (QED) is 0.339. The molecule has 9 heteroatoms. The molecule has 9 nitrogen and oxygen atoms in total. The number of aromatic nitrogens is 4. The van der Waals surface area contributed by atoms with Gasteiger partial charge in [0.1, 0.15) is 6.04 Å². The predicted molar refractivity (Wildman–Crippen MR) is 151 cm³/mol. The molecule has 200 valence electrons. The Morgan fingerprint density at radius 1 is 1.03 bits per heavy atom. The summed E-state index contributed by atoms with van der Waals surface area (Å²) >= 11 is 0. The van der Waals surface area contributed by atoms with Crippen LogP contribution in [0.2, 0.25) is 0 Å². The van der Waals surface area contributed by atoms with Gasteiger partial charge < -0.3 is 20.1 Å². The fourth-order valence-corrected chi connectivity index (χ4v) is 4.74. The van der Waals surface area contributed by atoms with Crippen LogP contribution < -0.4 is 20.1 Å². The van der Waals surface area contributed by atoms with E-state index in [4.69, 9.17) is 19.6 Å². The minimum atomic E-state index is -0.641. The van der Waals surface area contributed by atoms with Crippen molar-refractivity contribution >= 4 is 17.5 Å². The fraction of sp³-hybridized carbons (Fsp3) is 0.267. The molecule has 1 amide bonds. The van der Waals surface area contributed by atoms with Crippen LogP contribution in [0.3, 0.4) is 0 Å². The molecule has 2 aromatic heterocycles. The normalized spacial score (nSPS) is 14.9. The van der Waals surface area contributed by atoms with Crippen molar-refractivity contribution in [2.75, 3.05) is 24.9 Å². The Hall–Kier alpha value is -4.66. The lowest BCUT2D eigenvalue weighted by Gasteiger charge is -2.29. The first kappa shape index (κ1) is 26.0. The van der Waals surface area contributed by atoms with Gasteiger partial charge in [-0.3, -0.25) is 9.78 Å². The third kappa shape index (κ3) is 4.95. The van der Waals surface area contributed by atoms with Gasteiger partial charge in [-0.1, -0.05) is 57.2 Å². The lowest BCUT2D eigenvalue weighted by molar-refractivity contribution is -0.113. The zero-order valence-electron chi connectivity index (χ0n) is 22.9. The molecule has 0 saturated carbocycles. The minimum absolute atomic E-state index is 0.0343. The van der Waals surface area contributed by atoms with Crippen LogP contribution in [0, 0.1) is 0 Å². The zero-order valence-corrected chi connectivity index (χ0v) is 22.9. The van der Waals surface area contributed by atoms with Gasteiger partial charge in [-0.15, -0.1) is 5.10 Å².